The Morgan fingerprint density at radius 3 is 2.47 bits per heavy atom. The number of carbonyl (C=O) groups excluding carboxylic acids is 1. The van der Waals surface area contributed by atoms with Crippen molar-refractivity contribution in [1.29, 1.82) is 0 Å². The molecular formula is C19H25Cl2F3N4O2. The topological polar surface area (TPSA) is 70.4 Å². The molecule has 1 aliphatic rings. The molecule has 1 atom stereocenters. The van der Waals surface area contributed by atoms with Crippen LogP contribution >= 0.6 is 24.8 Å². The quantitative estimate of drug-likeness (QED) is 0.681. The van der Waals surface area contributed by atoms with Crippen LogP contribution in [-0.2, 0) is 11.2 Å². The number of hydrogen-bond acceptors (Lipinski definition) is 5. The van der Waals surface area contributed by atoms with Crippen molar-refractivity contribution in [2.45, 2.75) is 25.6 Å². The summed E-state index contributed by atoms with van der Waals surface area (Å²) in [6.45, 7) is 2.79. The molecule has 2 N–H and O–H groups in total. The lowest BCUT2D eigenvalue weighted by Crippen LogP contribution is -2.57. The fourth-order valence-electron chi connectivity index (χ4n) is 3.17. The zero-order chi connectivity index (χ0) is 20.1. The maximum atomic E-state index is 13.4. The standard InChI is InChI=1S/C19H23F3N4O2.2ClH/c1-13-15(25-18(28-13)14-5-3-2-4-6-14)11-17(27)24-12-16(19(20,21)22)26-9-7-23-8-10-26;;/h2-6,16,23H,7-12H2,1H3,(H,24,27);2*1H. The molecule has 0 radical (unpaired) electrons. The van der Waals surface area contributed by atoms with Gasteiger partial charge in [0.15, 0.2) is 0 Å². The monoisotopic (exact) mass is 468 g/mol. The van der Waals surface area contributed by atoms with E-state index < -0.39 is 24.7 Å². The Bertz CT molecular complexity index is 797. The Morgan fingerprint density at radius 1 is 1.23 bits per heavy atom. The van der Waals surface area contributed by atoms with E-state index >= 15 is 0 Å². The minimum atomic E-state index is -4.41. The first-order valence-electron chi connectivity index (χ1n) is 9.14. The number of amides is 1. The lowest BCUT2D eigenvalue weighted by molar-refractivity contribution is -0.184. The smallest absolute Gasteiger partial charge is 0.405 e. The van der Waals surface area contributed by atoms with Crippen LogP contribution in [0.5, 0.6) is 0 Å². The van der Waals surface area contributed by atoms with E-state index in [4.69, 9.17) is 4.42 Å². The Balaban J connectivity index is 0.00000225. The average Bonchev–Trinajstić information content (AvgIpc) is 3.03. The van der Waals surface area contributed by atoms with E-state index in [-0.39, 0.29) is 31.2 Å². The van der Waals surface area contributed by atoms with Gasteiger partial charge in [-0.2, -0.15) is 13.2 Å². The third kappa shape index (κ3) is 6.87. The first-order chi connectivity index (χ1) is 13.3. The number of nitrogens with one attached hydrogen (secondary N) is 2. The van der Waals surface area contributed by atoms with Crippen LogP contribution in [0.15, 0.2) is 34.7 Å². The molecule has 1 fully saturated rings. The number of aromatic nitrogens is 1. The van der Waals surface area contributed by atoms with Crippen LogP contribution < -0.4 is 10.6 Å². The zero-order valence-corrected chi connectivity index (χ0v) is 18.0. The number of halogens is 5. The van der Waals surface area contributed by atoms with Crippen molar-refractivity contribution in [2.24, 2.45) is 0 Å². The summed E-state index contributed by atoms with van der Waals surface area (Å²) >= 11 is 0. The summed E-state index contributed by atoms with van der Waals surface area (Å²) in [5, 5.41) is 5.43. The van der Waals surface area contributed by atoms with Crippen LogP contribution in [0.4, 0.5) is 13.2 Å². The molecule has 1 unspecified atom stereocenters. The second-order valence-electron chi connectivity index (χ2n) is 6.71. The van der Waals surface area contributed by atoms with Crippen molar-refractivity contribution in [2.75, 3.05) is 32.7 Å². The zero-order valence-electron chi connectivity index (χ0n) is 16.4. The number of piperazine rings is 1. The second-order valence-corrected chi connectivity index (χ2v) is 6.71. The van der Waals surface area contributed by atoms with Gasteiger partial charge in [0.1, 0.15) is 11.8 Å². The Hall–Kier alpha value is -1.81. The molecule has 0 spiro atoms. The van der Waals surface area contributed by atoms with E-state index in [1.165, 1.54) is 4.90 Å². The molecule has 3 rings (SSSR count). The number of aryl methyl sites for hydroxylation is 1. The van der Waals surface area contributed by atoms with E-state index in [9.17, 15) is 18.0 Å². The molecule has 1 amide bonds. The van der Waals surface area contributed by atoms with Gasteiger partial charge >= 0.3 is 6.18 Å². The van der Waals surface area contributed by atoms with Gasteiger partial charge in [0.2, 0.25) is 11.8 Å². The number of oxazole rings is 1. The maximum Gasteiger partial charge on any atom is 0.405 e. The molecule has 0 aliphatic carbocycles. The third-order valence-corrected chi connectivity index (χ3v) is 4.70. The van der Waals surface area contributed by atoms with Crippen molar-refractivity contribution in [3.05, 3.63) is 41.8 Å². The fourth-order valence-corrected chi connectivity index (χ4v) is 3.17. The molecule has 1 aromatic heterocycles. The summed E-state index contributed by atoms with van der Waals surface area (Å²) < 4.78 is 45.8. The van der Waals surface area contributed by atoms with Crippen LogP contribution in [0.25, 0.3) is 11.5 Å². The van der Waals surface area contributed by atoms with Crippen LogP contribution in [0.2, 0.25) is 0 Å². The molecule has 2 aromatic rings. The van der Waals surface area contributed by atoms with Gasteiger partial charge in [0.25, 0.3) is 0 Å². The number of benzene rings is 1. The SMILES string of the molecule is Cc1oc(-c2ccccc2)nc1CC(=O)NCC(N1CCNCC1)C(F)(F)F.Cl.Cl. The van der Waals surface area contributed by atoms with Crippen LogP contribution in [-0.4, -0.2) is 60.7 Å². The van der Waals surface area contributed by atoms with Crippen molar-refractivity contribution < 1.29 is 22.4 Å². The van der Waals surface area contributed by atoms with Crippen molar-refractivity contribution in [1.82, 2.24) is 20.5 Å². The molecule has 6 nitrogen and oxygen atoms in total. The van der Waals surface area contributed by atoms with Gasteiger partial charge in [-0.15, -0.1) is 24.8 Å². The summed E-state index contributed by atoms with van der Waals surface area (Å²) in [6, 6.07) is 7.51. The van der Waals surface area contributed by atoms with Crippen molar-refractivity contribution in [3.63, 3.8) is 0 Å². The summed E-state index contributed by atoms with van der Waals surface area (Å²) in [7, 11) is 0. The molecule has 11 heteroatoms. The lowest BCUT2D eigenvalue weighted by Gasteiger charge is -2.35. The third-order valence-electron chi connectivity index (χ3n) is 4.70. The maximum absolute atomic E-state index is 13.4. The van der Waals surface area contributed by atoms with Crippen LogP contribution in [0.1, 0.15) is 11.5 Å². The molecule has 1 aliphatic heterocycles. The van der Waals surface area contributed by atoms with Gasteiger partial charge in [-0.25, -0.2) is 4.98 Å². The molecular weight excluding hydrogens is 444 g/mol. The van der Waals surface area contributed by atoms with E-state index in [1.54, 1.807) is 6.92 Å². The van der Waals surface area contributed by atoms with E-state index in [0.29, 0.717) is 43.5 Å². The Labute approximate surface area is 185 Å². The Kier molecular flexibility index (Phi) is 10.1. The number of carbonyl (C=O) groups is 1. The number of nitrogens with zero attached hydrogens (tertiary/aromatic N) is 2. The van der Waals surface area contributed by atoms with Crippen LogP contribution in [0.3, 0.4) is 0 Å². The molecule has 30 heavy (non-hydrogen) atoms. The van der Waals surface area contributed by atoms with E-state index in [2.05, 4.69) is 15.6 Å². The molecule has 168 valence electrons. The van der Waals surface area contributed by atoms with Gasteiger partial charge in [-0.3, -0.25) is 9.69 Å². The molecule has 1 saturated heterocycles. The van der Waals surface area contributed by atoms with Crippen molar-refractivity contribution >= 4 is 30.7 Å². The minimum Gasteiger partial charge on any atom is -0.441 e. The molecule has 2 heterocycles. The largest absolute Gasteiger partial charge is 0.441 e. The summed E-state index contributed by atoms with van der Waals surface area (Å²) in [6.07, 6.45) is -4.54. The average molecular weight is 469 g/mol. The van der Waals surface area contributed by atoms with E-state index in [0.717, 1.165) is 5.56 Å². The second kappa shape index (κ2) is 11.5. The summed E-state index contributed by atoms with van der Waals surface area (Å²) in [5.41, 5.74) is 1.19. The van der Waals surface area contributed by atoms with Gasteiger partial charge in [0.05, 0.1) is 12.1 Å². The van der Waals surface area contributed by atoms with Gasteiger partial charge in [-0.1, -0.05) is 18.2 Å². The highest BCUT2D eigenvalue weighted by atomic mass is 35.5. The number of rotatable bonds is 6. The summed E-state index contributed by atoms with van der Waals surface area (Å²) in [4.78, 5) is 17.9. The van der Waals surface area contributed by atoms with Gasteiger partial charge < -0.3 is 15.1 Å². The first-order valence-corrected chi connectivity index (χ1v) is 9.14. The highest BCUT2D eigenvalue weighted by Crippen LogP contribution is 2.25. The minimum absolute atomic E-state index is 0. The molecule has 0 saturated carbocycles. The molecule has 1 aromatic carbocycles. The first kappa shape index (κ1) is 26.2. The predicted octanol–water partition coefficient (Wildman–Crippen LogP) is 2.99. The highest BCUT2D eigenvalue weighted by Gasteiger charge is 2.43. The Morgan fingerprint density at radius 2 is 1.87 bits per heavy atom. The fraction of sp³-hybridized carbons (Fsp3) is 0.474. The number of alkyl halides is 3. The predicted molar refractivity (Wildman–Crippen MR) is 112 cm³/mol. The number of hydrogen-bond donors (Lipinski definition) is 2. The van der Waals surface area contributed by atoms with Gasteiger partial charge in [0, 0.05) is 38.3 Å². The highest BCUT2D eigenvalue weighted by molar-refractivity contribution is 5.85. The van der Waals surface area contributed by atoms with E-state index in [1.807, 2.05) is 30.3 Å². The molecule has 0 bridgehead atoms. The van der Waals surface area contributed by atoms with Crippen molar-refractivity contribution in [3.8, 4) is 11.5 Å². The lowest BCUT2D eigenvalue weighted by atomic mass is 10.2. The summed E-state index contributed by atoms with van der Waals surface area (Å²) in [5.74, 6) is 0.346. The normalized spacial score (nSPS) is 15.6. The van der Waals surface area contributed by atoms with Crippen LogP contribution in [0, 0.1) is 6.92 Å². The van der Waals surface area contributed by atoms with Gasteiger partial charge in [-0.05, 0) is 19.1 Å².